The molecule has 1 saturated carbocycles. The molecule has 0 aromatic heterocycles. The van der Waals surface area contributed by atoms with Crippen LogP contribution in [0.2, 0.25) is 0 Å². The molecule has 1 heteroatoms. The molecule has 0 amide bonds. The summed E-state index contributed by atoms with van der Waals surface area (Å²) in [6.07, 6.45) is 11.3. The predicted octanol–water partition coefficient (Wildman–Crippen LogP) is 4.99. The Morgan fingerprint density at radius 1 is 1.11 bits per heavy atom. The third-order valence-corrected chi connectivity index (χ3v) is 5.60. The Balaban J connectivity index is 1.99. The Kier molecular flexibility index (Phi) is 6.70. The molecule has 0 aromatic carbocycles. The summed E-state index contributed by atoms with van der Waals surface area (Å²) in [7, 11) is 0. The number of hydrogen-bond donors (Lipinski definition) is 1. The van der Waals surface area contributed by atoms with Crippen molar-refractivity contribution in [1.82, 2.24) is 0 Å². The third-order valence-electron chi connectivity index (χ3n) is 5.60. The van der Waals surface area contributed by atoms with Crippen LogP contribution in [0.4, 0.5) is 0 Å². The van der Waals surface area contributed by atoms with E-state index in [0.29, 0.717) is 5.41 Å². The Bertz CT molecular complexity index is 226. The Labute approximate surface area is 115 Å². The minimum Gasteiger partial charge on any atom is -0.330 e. The van der Waals surface area contributed by atoms with Crippen LogP contribution in [-0.4, -0.2) is 6.54 Å². The number of unbranched alkanes of at least 4 members (excludes halogenated alkanes) is 3. The average Bonchev–Trinajstić information content (AvgIpc) is 2.87. The molecule has 4 atom stereocenters. The molecule has 1 rings (SSSR count). The van der Waals surface area contributed by atoms with Crippen LogP contribution in [-0.2, 0) is 0 Å². The monoisotopic (exact) mass is 253 g/mol. The van der Waals surface area contributed by atoms with Crippen LogP contribution in [0.1, 0.15) is 79.1 Å². The van der Waals surface area contributed by atoms with Crippen LogP contribution in [0.3, 0.4) is 0 Å². The van der Waals surface area contributed by atoms with Crippen LogP contribution in [0.5, 0.6) is 0 Å². The topological polar surface area (TPSA) is 26.0 Å². The number of nitrogens with two attached hydrogens (primary N) is 1. The molecule has 1 aliphatic carbocycles. The smallest absolute Gasteiger partial charge is 0.00408 e. The molecule has 0 saturated heterocycles. The SMILES string of the molecule is CCCCC(C)CCCCCC1(C)C(C)C1CN. The Hall–Kier alpha value is -0.0400. The minimum absolute atomic E-state index is 0.586. The highest BCUT2D eigenvalue weighted by molar-refractivity contribution is 5.05. The van der Waals surface area contributed by atoms with Crippen LogP contribution < -0.4 is 5.73 Å². The molecule has 1 nitrogen and oxygen atoms in total. The fraction of sp³-hybridized carbons (Fsp3) is 1.00. The van der Waals surface area contributed by atoms with Crippen molar-refractivity contribution >= 4 is 0 Å². The van der Waals surface area contributed by atoms with E-state index < -0.39 is 0 Å². The van der Waals surface area contributed by atoms with Crippen LogP contribution >= 0.6 is 0 Å². The van der Waals surface area contributed by atoms with Crippen molar-refractivity contribution in [2.45, 2.75) is 79.1 Å². The van der Waals surface area contributed by atoms with Crippen LogP contribution in [0, 0.1) is 23.2 Å². The molecule has 0 heterocycles. The van der Waals surface area contributed by atoms with Crippen LogP contribution in [0.25, 0.3) is 0 Å². The van der Waals surface area contributed by atoms with Crippen LogP contribution in [0.15, 0.2) is 0 Å². The fourth-order valence-corrected chi connectivity index (χ4v) is 3.67. The maximum Gasteiger partial charge on any atom is -0.00408 e. The molecule has 2 N–H and O–H groups in total. The van der Waals surface area contributed by atoms with Gasteiger partial charge in [-0.1, -0.05) is 72.6 Å². The fourth-order valence-electron chi connectivity index (χ4n) is 3.67. The van der Waals surface area contributed by atoms with E-state index >= 15 is 0 Å². The molecule has 4 unspecified atom stereocenters. The maximum atomic E-state index is 5.82. The van der Waals surface area contributed by atoms with E-state index in [0.717, 1.165) is 24.3 Å². The van der Waals surface area contributed by atoms with E-state index in [1.165, 1.54) is 51.4 Å². The summed E-state index contributed by atoms with van der Waals surface area (Å²) >= 11 is 0. The van der Waals surface area contributed by atoms with Gasteiger partial charge in [-0.15, -0.1) is 0 Å². The summed E-state index contributed by atoms with van der Waals surface area (Å²) in [5.74, 6) is 2.61. The van der Waals surface area contributed by atoms with Crippen molar-refractivity contribution in [1.29, 1.82) is 0 Å². The van der Waals surface area contributed by atoms with Gasteiger partial charge in [0.25, 0.3) is 0 Å². The van der Waals surface area contributed by atoms with Crippen molar-refractivity contribution in [3.05, 3.63) is 0 Å². The van der Waals surface area contributed by atoms with Crippen molar-refractivity contribution in [2.24, 2.45) is 28.9 Å². The lowest BCUT2D eigenvalue weighted by Gasteiger charge is -2.13. The maximum absolute atomic E-state index is 5.82. The highest BCUT2D eigenvalue weighted by atomic mass is 14.7. The first-order chi connectivity index (χ1) is 8.56. The van der Waals surface area contributed by atoms with Gasteiger partial charge in [0.05, 0.1) is 0 Å². The first-order valence-electron chi connectivity index (χ1n) is 8.26. The summed E-state index contributed by atoms with van der Waals surface area (Å²) in [5.41, 5.74) is 6.40. The second kappa shape index (κ2) is 7.53. The van der Waals surface area contributed by atoms with Crippen molar-refractivity contribution in [2.75, 3.05) is 6.54 Å². The second-order valence-electron chi connectivity index (χ2n) is 6.98. The standard InChI is InChI=1S/C17H35N/c1-5-6-10-14(2)11-8-7-9-12-17(4)15(3)16(17)13-18/h14-16H,5-13,18H2,1-4H3. The molecule has 0 spiro atoms. The average molecular weight is 253 g/mol. The zero-order chi connectivity index (χ0) is 13.6. The molecule has 1 aliphatic rings. The van der Waals surface area contributed by atoms with Gasteiger partial charge < -0.3 is 5.73 Å². The lowest BCUT2D eigenvalue weighted by molar-refractivity contribution is 0.398. The molecule has 0 aromatic rings. The van der Waals surface area contributed by atoms with E-state index in [2.05, 4.69) is 27.7 Å². The van der Waals surface area contributed by atoms with E-state index in [1.54, 1.807) is 0 Å². The second-order valence-corrected chi connectivity index (χ2v) is 6.98. The summed E-state index contributed by atoms with van der Waals surface area (Å²) in [6.45, 7) is 10.4. The molecular formula is C17H35N. The molecule has 0 radical (unpaired) electrons. The molecular weight excluding hydrogens is 218 g/mol. The first kappa shape index (κ1) is 16.0. The largest absolute Gasteiger partial charge is 0.330 e. The molecule has 0 bridgehead atoms. The Morgan fingerprint density at radius 3 is 2.33 bits per heavy atom. The van der Waals surface area contributed by atoms with Gasteiger partial charge >= 0.3 is 0 Å². The first-order valence-corrected chi connectivity index (χ1v) is 8.26. The summed E-state index contributed by atoms with van der Waals surface area (Å²) in [4.78, 5) is 0. The van der Waals surface area contributed by atoms with Gasteiger partial charge in [0, 0.05) is 0 Å². The number of hydrogen-bond acceptors (Lipinski definition) is 1. The molecule has 0 aliphatic heterocycles. The molecule has 108 valence electrons. The molecule has 1 fully saturated rings. The van der Waals surface area contributed by atoms with E-state index in [4.69, 9.17) is 5.73 Å². The Morgan fingerprint density at radius 2 is 1.78 bits per heavy atom. The third kappa shape index (κ3) is 4.26. The highest BCUT2D eigenvalue weighted by Gasteiger charge is 2.56. The van der Waals surface area contributed by atoms with E-state index in [9.17, 15) is 0 Å². The van der Waals surface area contributed by atoms with Gasteiger partial charge in [-0.3, -0.25) is 0 Å². The van der Waals surface area contributed by atoms with Gasteiger partial charge in [0.2, 0.25) is 0 Å². The van der Waals surface area contributed by atoms with Gasteiger partial charge in [0.15, 0.2) is 0 Å². The zero-order valence-corrected chi connectivity index (χ0v) is 13.2. The summed E-state index contributed by atoms with van der Waals surface area (Å²) in [6, 6.07) is 0. The minimum atomic E-state index is 0.586. The van der Waals surface area contributed by atoms with E-state index in [1.807, 2.05) is 0 Å². The van der Waals surface area contributed by atoms with Gasteiger partial charge in [-0.25, -0.2) is 0 Å². The van der Waals surface area contributed by atoms with Gasteiger partial charge in [0.1, 0.15) is 0 Å². The van der Waals surface area contributed by atoms with E-state index in [-0.39, 0.29) is 0 Å². The van der Waals surface area contributed by atoms with Gasteiger partial charge in [-0.2, -0.15) is 0 Å². The number of rotatable bonds is 10. The quantitative estimate of drug-likeness (QED) is 0.545. The van der Waals surface area contributed by atoms with Gasteiger partial charge in [-0.05, 0) is 36.1 Å². The lowest BCUT2D eigenvalue weighted by Crippen LogP contribution is -2.08. The molecule has 18 heavy (non-hydrogen) atoms. The normalized spacial score (nSPS) is 32.5. The summed E-state index contributed by atoms with van der Waals surface area (Å²) < 4.78 is 0. The van der Waals surface area contributed by atoms with Crippen molar-refractivity contribution in [3.8, 4) is 0 Å². The predicted molar refractivity (Wildman–Crippen MR) is 81.6 cm³/mol. The summed E-state index contributed by atoms with van der Waals surface area (Å²) in [5, 5.41) is 0. The lowest BCUT2D eigenvalue weighted by atomic mass is 9.93. The van der Waals surface area contributed by atoms with Crippen molar-refractivity contribution in [3.63, 3.8) is 0 Å². The van der Waals surface area contributed by atoms with Crippen molar-refractivity contribution < 1.29 is 0 Å². The zero-order valence-electron chi connectivity index (χ0n) is 13.2. The highest BCUT2D eigenvalue weighted by Crippen LogP contribution is 2.60.